The van der Waals surface area contributed by atoms with Crippen LogP contribution in [0.3, 0.4) is 0 Å². The van der Waals surface area contributed by atoms with Gasteiger partial charge in [0.25, 0.3) is 0 Å². The molecule has 2 aromatic heterocycles. The van der Waals surface area contributed by atoms with E-state index in [0.717, 1.165) is 59.9 Å². The van der Waals surface area contributed by atoms with Crippen LogP contribution in [0.25, 0.3) is 22.4 Å². The lowest BCUT2D eigenvalue weighted by molar-refractivity contribution is 0.197. The van der Waals surface area contributed by atoms with Crippen LogP contribution in [0.4, 0.5) is 16.3 Å². The number of rotatable bonds is 12. The summed E-state index contributed by atoms with van der Waals surface area (Å²) in [7, 11) is 0. The molecule has 9 heteroatoms. The van der Waals surface area contributed by atoms with Gasteiger partial charge in [-0.2, -0.15) is 5.10 Å². The maximum absolute atomic E-state index is 12.5. The van der Waals surface area contributed by atoms with Gasteiger partial charge in [-0.3, -0.25) is 9.58 Å². The van der Waals surface area contributed by atoms with Crippen LogP contribution in [0, 0.1) is 0 Å². The molecule has 0 radical (unpaired) electrons. The van der Waals surface area contributed by atoms with Gasteiger partial charge in [0, 0.05) is 73.9 Å². The highest BCUT2D eigenvalue weighted by Gasteiger charge is 2.28. The van der Waals surface area contributed by atoms with Gasteiger partial charge >= 0.3 is 6.03 Å². The van der Waals surface area contributed by atoms with Crippen molar-refractivity contribution in [3.8, 4) is 22.4 Å². The molecule has 9 nitrogen and oxygen atoms in total. The first-order chi connectivity index (χ1) is 21.0. The second-order valence-corrected chi connectivity index (χ2v) is 10.8. The molecule has 3 N–H and O–H groups in total. The van der Waals surface area contributed by atoms with Crippen molar-refractivity contribution in [2.75, 3.05) is 43.4 Å². The average Bonchev–Trinajstić information content (AvgIpc) is 3.67. The largest absolute Gasteiger partial charge is 0.395 e. The Hall–Kier alpha value is -4.21. The van der Waals surface area contributed by atoms with Crippen LogP contribution in [0.15, 0.2) is 67.0 Å². The van der Waals surface area contributed by atoms with E-state index >= 15 is 0 Å². The predicted molar refractivity (Wildman–Crippen MR) is 173 cm³/mol. The summed E-state index contributed by atoms with van der Waals surface area (Å²) in [4.78, 5) is 21.2. The first-order valence-corrected chi connectivity index (χ1v) is 15.4. The summed E-state index contributed by atoms with van der Waals surface area (Å²) in [6.45, 7) is 12.8. The second-order valence-electron chi connectivity index (χ2n) is 10.8. The van der Waals surface area contributed by atoms with E-state index in [1.807, 2.05) is 49.0 Å². The highest BCUT2D eigenvalue weighted by atomic mass is 16.3. The highest BCUT2D eigenvalue weighted by molar-refractivity contribution is 5.90. The normalized spacial score (nSPS) is 14.0. The van der Waals surface area contributed by atoms with Gasteiger partial charge in [0.05, 0.1) is 12.6 Å². The third-order valence-corrected chi connectivity index (χ3v) is 8.26. The smallest absolute Gasteiger partial charge is 0.321 e. The van der Waals surface area contributed by atoms with Crippen LogP contribution in [0.2, 0.25) is 0 Å². The topological polar surface area (TPSA) is 98.5 Å². The molecular formula is C34H43N7O2. The molecule has 0 fully saturated rings. The standard InChI is InChI=1S/C34H43N7O2/c1-5-39(19-20-42)22-24-9-11-25(12-10-24)31-21-29-28(17-18-35-33(29)37-31)30-23-41(8-4)38-32(30)26-13-15-27(16-14-26)36-34(43)40(6-2)7-3/h9-18,23,31,42H,5-8,19-22H2,1-4H3,(H,35,37)(H,36,43). The van der Waals surface area contributed by atoms with E-state index in [2.05, 4.69) is 65.9 Å². The van der Waals surface area contributed by atoms with Gasteiger partial charge in [0.15, 0.2) is 0 Å². The van der Waals surface area contributed by atoms with Crippen molar-refractivity contribution in [2.24, 2.45) is 0 Å². The van der Waals surface area contributed by atoms with Crippen molar-refractivity contribution in [1.29, 1.82) is 0 Å². The van der Waals surface area contributed by atoms with Gasteiger partial charge in [-0.05, 0) is 62.2 Å². The van der Waals surface area contributed by atoms with Crippen molar-refractivity contribution in [3.63, 3.8) is 0 Å². The Kier molecular flexibility index (Phi) is 9.74. The van der Waals surface area contributed by atoms with E-state index in [1.54, 1.807) is 4.90 Å². The molecule has 4 aromatic rings. The summed E-state index contributed by atoms with van der Waals surface area (Å²) in [5, 5.41) is 20.9. The zero-order chi connectivity index (χ0) is 30.3. The first-order valence-electron chi connectivity index (χ1n) is 15.4. The molecule has 3 heterocycles. The summed E-state index contributed by atoms with van der Waals surface area (Å²) >= 11 is 0. The van der Waals surface area contributed by atoms with Crippen LogP contribution >= 0.6 is 0 Å². The van der Waals surface area contributed by atoms with E-state index < -0.39 is 0 Å². The highest BCUT2D eigenvalue weighted by Crippen LogP contribution is 2.41. The molecular weight excluding hydrogens is 538 g/mol. The molecule has 2 amide bonds. The first kappa shape index (κ1) is 30.3. The number of aromatic nitrogens is 3. The lowest BCUT2D eigenvalue weighted by Crippen LogP contribution is -2.34. The zero-order valence-electron chi connectivity index (χ0n) is 25.7. The molecule has 5 rings (SSSR count). The van der Waals surface area contributed by atoms with Crippen molar-refractivity contribution in [2.45, 2.75) is 53.2 Å². The molecule has 1 aliphatic rings. The number of hydrogen-bond acceptors (Lipinski definition) is 6. The number of anilines is 2. The minimum absolute atomic E-state index is 0.0950. The number of fused-ring (bicyclic) bond motifs is 1. The number of aryl methyl sites for hydroxylation is 1. The zero-order valence-corrected chi connectivity index (χ0v) is 25.7. The van der Waals surface area contributed by atoms with E-state index in [0.29, 0.717) is 19.6 Å². The third-order valence-electron chi connectivity index (χ3n) is 8.26. The van der Waals surface area contributed by atoms with Gasteiger partial charge in [0.1, 0.15) is 11.5 Å². The molecule has 0 aliphatic carbocycles. The number of nitrogens with zero attached hydrogens (tertiary/aromatic N) is 5. The number of aliphatic hydroxyl groups is 1. The van der Waals surface area contributed by atoms with Crippen LogP contribution < -0.4 is 10.6 Å². The molecule has 43 heavy (non-hydrogen) atoms. The van der Waals surface area contributed by atoms with Gasteiger partial charge in [0.2, 0.25) is 0 Å². The fraction of sp³-hybridized carbons (Fsp3) is 0.382. The molecule has 226 valence electrons. The average molecular weight is 582 g/mol. The van der Waals surface area contributed by atoms with Gasteiger partial charge in [-0.25, -0.2) is 9.78 Å². The number of nitrogens with one attached hydrogen (secondary N) is 2. The lowest BCUT2D eigenvalue weighted by atomic mass is 9.95. The van der Waals surface area contributed by atoms with E-state index in [1.165, 1.54) is 16.7 Å². The molecule has 0 saturated heterocycles. The van der Waals surface area contributed by atoms with E-state index in [4.69, 9.17) is 10.1 Å². The van der Waals surface area contributed by atoms with Crippen LogP contribution in [0.1, 0.15) is 50.4 Å². The van der Waals surface area contributed by atoms with Crippen LogP contribution in [-0.2, 0) is 19.5 Å². The van der Waals surface area contributed by atoms with Gasteiger partial charge < -0.3 is 20.6 Å². The maximum Gasteiger partial charge on any atom is 0.321 e. The molecule has 1 atom stereocenters. The Morgan fingerprint density at radius 3 is 2.40 bits per heavy atom. The van der Waals surface area contributed by atoms with Gasteiger partial charge in [-0.1, -0.05) is 43.3 Å². The fourth-order valence-corrected chi connectivity index (χ4v) is 5.72. The van der Waals surface area contributed by atoms with Crippen LogP contribution in [-0.4, -0.2) is 68.5 Å². The Morgan fingerprint density at radius 2 is 1.74 bits per heavy atom. The lowest BCUT2D eigenvalue weighted by Gasteiger charge is -2.19. The Labute approximate surface area is 254 Å². The number of urea groups is 1. The summed E-state index contributed by atoms with van der Waals surface area (Å²) in [5.41, 5.74) is 8.53. The van der Waals surface area contributed by atoms with Crippen molar-refractivity contribution >= 4 is 17.5 Å². The SMILES string of the molecule is CCN(CCO)Cc1ccc(C2Cc3c(-c4cn(CC)nc4-c4ccc(NC(=O)N(CC)CC)cc4)ccnc3N2)cc1. The Balaban J connectivity index is 1.38. The van der Waals surface area contributed by atoms with Crippen molar-refractivity contribution in [3.05, 3.63) is 83.7 Å². The summed E-state index contributed by atoms with van der Waals surface area (Å²) < 4.78 is 1.97. The van der Waals surface area contributed by atoms with Crippen molar-refractivity contribution < 1.29 is 9.90 Å². The Morgan fingerprint density at radius 1 is 1.00 bits per heavy atom. The molecule has 1 aliphatic heterocycles. The molecule has 1 unspecified atom stereocenters. The number of amides is 2. The monoisotopic (exact) mass is 581 g/mol. The Bertz CT molecular complexity index is 1510. The minimum Gasteiger partial charge on any atom is -0.395 e. The molecule has 0 spiro atoms. The fourth-order valence-electron chi connectivity index (χ4n) is 5.72. The number of pyridine rings is 1. The summed E-state index contributed by atoms with van der Waals surface area (Å²) in [6.07, 6.45) is 4.82. The van der Waals surface area contributed by atoms with Gasteiger partial charge in [-0.15, -0.1) is 0 Å². The minimum atomic E-state index is -0.0950. The number of aliphatic hydroxyl groups excluding tert-OH is 1. The number of benzene rings is 2. The second kappa shape index (κ2) is 13.8. The van der Waals surface area contributed by atoms with E-state index in [-0.39, 0.29) is 18.7 Å². The number of likely N-dealkylation sites (N-methyl/N-ethyl adjacent to an activating group) is 1. The van der Waals surface area contributed by atoms with E-state index in [9.17, 15) is 9.90 Å². The third kappa shape index (κ3) is 6.73. The maximum atomic E-state index is 12.5. The molecule has 0 bridgehead atoms. The summed E-state index contributed by atoms with van der Waals surface area (Å²) in [6, 6.07) is 18.8. The number of hydrogen-bond donors (Lipinski definition) is 3. The number of carbonyl (C=O) groups is 1. The molecule has 2 aromatic carbocycles. The quantitative estimate of drug-likeness (QED) is 0.189. The number of carbonyl (C=O) groups excluding carboxylic acids is 1. The predicted octanol–water partition coefficient (Wildman–Crippen LogP) is 6.03. The molecule has 0 saturated carbocycles. The van der Waals surface area contributed by atoms with Crippen molar-refractivity contribution in [1.82, 2.24) is 24.6 Å². The van der Waals surface area contributed by atoms with Crippen LogP contribution in [0.5, 0.6) is 0 Å². The summed E-state index contributed by atoms with van der Waals surface area (Å²) in [5.74, 6) is 0.913.